The smallest absolute Gasteiger partial charge is 0.390 e. The second-order valence-electron chi connectivity index (χ2n) is 3.48. The first-order chi connectivity index (χ1) is 8.37. The van der Waals surface area contributed by atoms with E-state index in [1.807, 2.05) is 0 Å². The normalized spacial score (nSPS) is 12.3. The summed E-state index contributed by atoms with van der Waals surface area (Å²) in [5, 5.41) is 2.57. The van der Waals surface area contributed by atoms with E-state index in [9.17, 15) is 22.0 Å². The van der Waals surface area contributed by atoms with Crippen LogP contribution in [0.4, 0.5) is 22.0 Å². The van der Waals surface area contributed by atoms with Crippen LogP contribution in [0.25, 0.3) is 0 Å². The Hall–Kier alpha value is -0.760. The maximum absolute atomic E-state index is 11.9. The maximum atomic E-state index is 11.9. The van der Waals surface area contributed by atoms with Crippen LogP contribution in [0.5, 0.6) is 0 Å². The first kappa shape index (κ1) is 15.3. The van der Waals surface area contributed by atoms with Crippen molar-refractivity contribution in [3.63, 3.8) is 0 Å². The lowest BCUT2D eigenvalue weighted by molar-refractivity contribution is -0.133. The fraction of sp³-hybridized carbons (Fsp3) is 0.600. The van der Waals surface area contributed by atoms with Gasteiger partial charge in [-0.15, -0.1) is 0 Å². The van der Waals surface area contributed by atoms with Gasteiger partial charge in [-0.1, -0.05) is 11.8 Å². The number of nitrogens with one attached hydrogen (secondary N) is 1. The number of alkyl halides is 5. The molecule has 0 fully saturated rings. The topological polar surface area (TPSA) is 25.2 Å². The van der Waals surface area contributed by atoms with E-state index >= 15 is 0 Å². The highest BCUT2D eigenvalue weighted by Crippen LogP contribution is 2.21. The molecule has 2 nitrogen and oxygen atoms in total. The zero-order chi connectivity index (χ0) is 13.6. The lowest BCUT2D eigenvalue weighted by Gasteiger charge is -2.06. The average Bonchev–Trinajstić information content (AvgIpc) is 2.68. The third kappa shape index (κ3) is 6.85. The molecule has 0 unspecified atom stereocenters. The molecule has 1 aromatic rings. The molecule has 1 heterocycles. The van der Waals surface area contributed by atoms with Crippen molar-refractivity contribution in [2.24, 2.45) is 0 Å². The van der Waals surface area contributed by atoms with E-state index < -0.39 is 18.4 Å². The van der Waals surface area contributed by atoms with Crippen molar-refractivity contribution in [2.75, 3.05) is 6.54 Å². The van der Waals surface area contributed by atoms with Crippen LogP contribution in [0.1, 0.15) is 17.9 Å². The standard InChI is InChI=1S/C10H12F5NOS/c11-9(12)18-6-8-2-1-7(17-8)5-16-4-3-10(13,14)15/h1-2,9,16H,3-6H2. The van der Waals surface area contributed by atoms with Gasteiger partial charge in [0, 0.05) is 6.54 Å². The monoisotopic (exact) mass is 289 g/mol. The molecule has 104 valence electrons. The summed E-state index contributed by atoms with van der Waals surface area (Å²) in [4.78, 5) is 0. The number of halogens is 5. The molecule has 1 N–H and O–H groups in total. The quantitative estimate of drug-likeness (QED) is 0.611. The van der Waals surface area contributed by atoms with Crippen LogP contribution in [-0.2, 0) is 12.3 Å². The van der Waals surface area contributed by atoms with Gasteiger partial charge < -0.3 is 9.73 Å². The predicted octanol–water partition coefficient (Wildman–Crippen LogP) is 3.78. The Morgan fingerprint density at radius 3 is 2.50 bits per heavy atom. The van der Waals surface area contributed by atoms with Crippen molar-refractivity contribution >= 4 is 11.8 Å². The molecule has 0 spiro atoms. The van der Waals surface area contributed by atoms with Gasteiger partial charge in [-0.2, -0.15) is 22.0 Å². The summed E-state index contributed by atoms with van der Waals surface area (Å²) >= 11 is 0.433. The van der Waals surface area contributed by atoms with Crippen molar-refractivity contribution in [3.05, 3.63) is 23.7 Å². The Kier molecular flexibility index (Phi) is 5.94. The van der Waals surface area contributed by atoms with Crippen LogP contribution in [0.3, 0.4) is 0 Å². The van der Waals surface area contributed by atoms with Crippen LogP contribution in [0, 0.1) is 0 Å². The van der Waals surface area contributed by atoms with E-state index in [1.165, 1.54) is 6.07 Å². The van der Waals surface area contributed by atoms with E-state index in [1.54, 1.807) is 6.07 Å². The van der Waals surface area contributed by atoms with Crippen LogP contribution in [0.15, 0.2) is 16.5 Å². The van der Waals surface area contributed by atoms with Gasteiger partial charge in [-0.05, 0) is 12.1 Å². The van der Waals surface area contributed by atoms with E-state index in [0.29, 0.717) is 23.3 Å². The highest BCUT2D eigenvalue weighted by atomic mass is 32.2. The summed E-state index contributed by atoms with van der Waals surface area (Å²) in [6.45, 7) is -0.0548. The Bertz CT molecular complexity index is 352. The molecule has 8 heteroatoms. The molecule has 0 aromatic carbocycles. The number of hydrogen-bond acceptors (Lipinski definition) is 3. The molecular weight excluding hydrogens is 277 g/mol. The molecule has 0 saturated heterocycles. The molecule has 0 atom stereocenters. The molecule has 0 saturated carbocycles. The maximum Gasteiger partial charge on any atom is 0.390 e. The summed E-state index contributed by atoms with van der Waals surface area (Å²) < 4.78 is 64.4. The van der Waals surface area contributed by atoms with Crippen molar-refractivity contribution in [3.8, 4) is 0 Å². The van der Waals surface area contributed by atoms with Crippen LogP contribution >= 0.6 is 11.8 Å². The molecule has 0 aliphatic heterocycles. The minimum Gasteiger partial charge on any atom is -0.464 e. The second kappa shape index (κ2) is 6.98. The van der Waals surface area contributed by atoms with Gasteiger partial charge in [-0.3, -0.25) is 0 Å². The summed E-state index contributed by atoms with van der Waals surface area (Å²) in [6, 6.07) is 3.10. The summed E-state index contributed by atoms with van der Waals surface area (Å²) in [7, 11) is 0. The summed E-state index contributed by atoms with van der Waals surface area (Å²) in [6.07, 6.45) is -5.10. The predicted molar refractivity (Wildman–Crippen MR) is 58.4 cm³/mol. The third-order valence-corrected chi connectivity index (χ3v) is 2.66. The first-order valence-corrected chi connectivity index (χ1v) is 6.16. The van der Waals surface area contributed by atoms with Crippen molar-refractivity contribution < 1.29 is 26.4 Å². The van der Waals surface area contributed by atoms with E-state index in [2.05, 4.69) is 5.32 Å². The van der Waals surface area contributed by atoms with E-state index in [-0.39, 0.29) is 18.8 Å². The molecular formula is C10H12F5NOS. The summed E-state index contributed by atoms with van der Waals surface area (Å²) in [5.74, 6) is -1.61. The minimum atomic E-state index is -4.19. The largest absolute Gasteiger partial charge is 0.464 e. The molecule has 0 bridgehead atoms. The van der Waals surface area contributed by atoms with Crippen molar-refractivity contribution in [2.45, 2.75) is 30.7 Å². The van der Waals surface area contributed by atoms with E-state index in [0.717, 1.165) is 0 Å². The SMILES string of the molecule is FC(F)SCc1ccc(CNCCC(F)(F)F)o1. The van der Waals surface area contributed by atoms with E-state index in [4.69, 9.17) is 4.42 Å². The zero-order valence-corrected chi connectivity index (χ0v) is 10.1. The van der Waals surface area contributed by atoms with Gasteiger partial charge in [0.1, 0.15) is 11.5 Å². The Balaban J connectivity index is 2.23. The molecule has 0 amide bonds. The van der Waals surface area contributed by atoms with Gasteiger partial charge in [0.15, 0.2) is 0 Å². The van der Waals surface area contributed by atoms with Gasteiger partial charge in [0.25, 0.3) is 5.76 Å². The lowest BCUT2D eigenvalue weighted by atomic mass is 10.4. The fourth-order valence-electron chi connectivity index (χ4n) is 1.18. The van der Waals surface area contributed by atoms with Crippen molar-refractivity contribution in [1.29, 1.82) is 0 Å². The second-order valence-corrected chi connectivity index (χ2v) is 4.46. The van der Waals surface area contributed by atoms with Crippen LogP contribution < -0.4 is 5.32 Å². The molecule has 0 radical (unpaired) electrons. The zero-order valence-electron chi connectivity index (χ0n) is 9.27. The molecule has 0 aliphatic carbocycles. The van der Waals surface area contributed by atoms with Gasteiger partial charge in [0.2, 0.25) is 0 Å². The van der Waals surface area contributed by atoms with Crippen LogP contribution in [0.2, 0.25) is 0 Å². The fourth-order valence-corrected chi connectivity index (χ4v) is 1.63. The van der Waals surface area contributed by atoms with Gasteiger partial charge in [-0.25, -0.2) is 0 Å². The molecule has 1 rings (SSSR count). The van der Waals surface area contributed by atoms with Gasteiger partial charge >= 0.3 is 6.18 Å². The lowest BCUT2D eigenvalue weighted by Crippen LogP contribution is -2.21. The third-order valence-electron chi connectivity index (χ3n) is 1.95. The van der Waals surface area contributed by atoms with Gasteiger partial charge in [0.05, 0.1) is 18.7 Å². The van der Waals surface area contributed by atoms with Crippen LogP contribution in [-0.4, -0.2) is 18.5 Å². The molecule has 0 aliphatic rings. The van der Waals surface area contributed by atoms with Crippen molar-refractivity contribution in [1.82, 2.24) is 5.32 Å². The number of hydrogen-bond donors (Lipinski definition) is 1. The molecule has 18 heavy (non-hydrogen) atoms. The molecule has 1 aromatic heterocycles. The Morgan fingerprint density at radius 1 is 1.22 bits per heavy atom. The average molecular weight is 289 g/mol. The highest BCUT2D eigenvalue weighted by molar-refractivity contribution is 7.98. The highest BCUT2D eigenvalue weighted by Gasteiger charge is 2.25. The number of rotatable bonds is 7. The Labute approximate surface area is 105 Å². The number of thioether (sulfide) groups is 1. The number of furan rings is 1. The minimum absolute atomic E-state index is 0.0419. The summed E-state index contributed by atoms with van der Waals surface area (Å²) in [5.41, 5.74) is 0. The Morgan fingerprint density at radius 2 is 1.89 bits per heavy atom. The first-order valence-electron chi connectivity index (χ1n) is 5.11.